The van der Waals surface area contributed by atoms with Gasteiger partial charge in [-0.3, -0.25) is 4.79 Å². The Morgan fingerprint density at radius 1 is 1.19 bits per heavy atom. The molecule has 27 heavy (non-hydrogen) atoms. The van der Waals surface area contributed by atoms with Crippen LogP contribution in [-0.2, 0) is 9.53 Å². The summed E-state index contributed by atoms with van der Waals surface area (Å²) < 4.78 is 7.05. The number of ether oxygens (including phenoxy) is 1. The van der Waals surface area contributed by atoms with Crippen LogP contribution in [0, 0.1) is 0 Å². The molecule has 0 spiro atoms. The SMILES string of the molecule is COC(=O)c1ccc(/C=C/C(=O)Nc2cc(Br)ccc2-n2cncn2)cc1. The number of aromatic nitrogens is 3. The first-order valence-corrected chi connectivity index (χ1v) is 8.68. The Balaban J connectivity index is 1.73. The van der Waals surface area contributed by atoms with E-state index in [2.05, 4.69) is 36.1 Å². The van der Waals surface area contributed by atoms with Gasteiger partial charge in [0.15, 0.2) is 0 Å². The van der Waals surface area contributed by atoms with Crippen LogP contribution < -0.4 is 5.32 Å². The summed E-state index contributed by atoms with van der Waals surface area (Å²) in [5.74, 6) is -0.704. The lowest BCUT2D eigenvalue weighted by Gasteiger charge is -2.10. The third kappa shape index (κ3) is 4.68. The fraction of sp³-hybridized carbons (Fsp3) is 0.0526. The van der Waals surface area contributed by atoms with E-state index in [1.54, 1.807) is 47.4 Å². The molecule has 0 aliphatic rings. The average molecular weight is 427 g/mol. The van der Waals surface area contributed by atoms with E-state index in [9.17, 15) is 9.59 Å². The number of hydrogen-bond donors (Lipinski definition) is 1. The highest BCUT2D eigenvalue weighted by molar-refractivity contribution is 9.10. The number of methoxy groups -OCH3 is 1. The maximum absolute atomic E-state index is 12.3. The van der Waals surface area contributed by atoms with E-state index in [4.69, 9.17) is 0 Å². The first-order valence-electron chi connectivity index (χ1n) is 7.89. The van der Waals surface area contributed by atoms with Crippen LogP contribution in [0.5, 0.6) is 0 Å². The first-order chi connectivity index (χ1) is 13.1. The predicted octanol–water partition coefficient (Wildman–Crippen LogP) is 3.47. The molecule has 8 heteroatoms. The molecule has 1 amide bonds. The second-order valence-corrected chi connectivity index (χ2v) is 6.35. The topological polar surface area (TPSA) is 86.1 Å². The summed E-state index contributed by atoms with van der Waals surface area (Å²) in [5.41, 5.74) is 2.51. The van der Waals surface area contributed by atoms with Crippen LogP contribution in [0.3, 0.4) is 0 Å². The monoisotopic (exact) mass is 426 g/mol. The van der Waals surface area contributed by atoms with E-state index in [1.165, 1.54) is 19.5 Å². The second-order valence-electron chi connectivity index (χ2n) is 5.44. The molecular formula is C19H15BrN4O3. The number of carbonyl (C=O) groups excluding carboxylic acids is 2. The van der Waals surface area contributed by atoms with Crippen molar-refractivity contribution < 1.29 is 14.3 Å². The van der Waals surface area contributed by atoms with E-state index >= 15 is 0 Å². The number of esters is 1. The molecule has 0 aliphatic carbocycles. The number of carbonyl (C=O) groups is 2. The van der Waals surface area contributed by atoms with Crippen LogP contribution in [0.4, 0.5) is 5.69 Å². The minimum absolute atomic E-state index is 0.300. The van der Waals surface area contributed by atoms with Gasteiger partial charge < -0.3 is 10.1 Å². The number of anilines is 1. The molecule has 7 nitrogen and oxygen atoms in total. The van der Waals surface area contributed by atoms with Crippen molar-refractivity contribution in [3.05, 3.63) is 76.8 Å². The molecule has 136 valence electrons. The summed E-state index contributed by atoms with van der Waals surface area (Å²) in [4.78, 5) is 27.7. The Morgan fingerprint density at radius 3 is 2.63 bits per heavy atom. The molecule has 1 N–H and O–H groups in total. The summed E-state index contributed by atoms with van der Waals surface area (Å²) in [6, 6.07) is 12.2. The van der Waals surface area contributed by atoms with E-state index < -0.39 is 5.97 Å². The fourth-order valence-electron chi connectivity index (χ4n) is 2.34. The van der Waals surface area contributed by atoms with Gasteiger partial charge in [0.1, 0.15) is 12.7 Å². The lowest BCUT2D eigenvalue weighted by molar-refractivity contribution is -0.111. The number of amides is 1. The van der Waals surface area contributed by atoms with Gasteiger partial charge in [0.2, 0.25) is 5.91 Å². The minimum atomic E-state index is -0.404. The van der Waals surface area contributed by atoms with Crippen molar-refractivity contribution in [2.45, 2.75) is 0 Å². The van der Waals surface area contributed by atoms with Crippen LogP contribution in [0.25, 0.3) is 11.8 Å². The Morgan fingerprint density at radius 2 is 1.96 bits per heavy atom. The van der Waals surface area contributed by atoms with Gasteiger partial charge in [0.05, 0.1) is 24.0 Å². The third-order valence-electron chi connectivity index (χ3n) is 3.64. The molecule has 0 unspecified atom stereocenters. The molecule has 0 bridgehead atoms. The largest absolute Gasteiger partial charge is 0.465 e. The highest BCUT2D eigenvalue weighted by atomic mass is 79.9. The van der Waals surface area contributed by atoms with Gasteiger partial charge in [-0.15, -0.1) is 0 Å². The number of halogens is 1. The van der Waals surface area contributed by atoms with Crippen molar-refractivity contribution in [2.75, 3.05) is 12.4 Å². The van der Waals surface area contributed by atoms with Crippen molar-refractivity contribution >= 4 is 39.6 Å². The number of nitrogens with one attached hydrogen (secondary N) is 1. The van der Waals surface area contributed by atoms with Gasteiger partial charge in [-0.25, -0.2) is 14.5 Å². The molecule has 1 heterocycles. The Hall–Kier alpha value is -3.26. The summed E-state index contributed by atoms with van der Waals surface area (Å²) in [6.07, 6.45) is 6.05. The lowest BCUT2D eigenvalue weighted by atomic mass is 10.1. The van der Waals surface area contributed by atoms with Crippen molar-refractivity contribution in [1.29, 1.82) is 0 Å². The second kappa shape index (κ2) is 8.41. The third-order valence-corrected chi connectivity index (χ3v) is 4.13. The molecule has 1 aromatic heterocycles. The molecule has 0 aliphatic heterocycles. The number of rotatable bonds is 5. The van der Waals surface area contributed by atoms with Gasteiger partial charge in [-0.05, 0) is 42.0 Å². The molecule has 0 atom stereocenters. The molecule has 2 aromatic carbocycles. The average Bonchev–Trinajstić information content (AvgIpc) is 3.21. The Kier molecular flexibility index (Phi) is 5.77. The van der Waals surface area contributed by atoms with Crippen LogP contribution in [0.1, 0.15) is 15.9 Å². The molecule has 0 fully saturated rings. The summed E-state index contributed by atoms with van der Waals surface area (Å²) in [6.45, 7) is 0. The van der Waals surface area contributed by atoms with Gasteiger partial charge in [0.25, 0.3) is 0 Å². The number of benzene rings is 2. The summed E-state index contributed by atoms with van der Waals surface area (Å²) in [5, 5.41) is 6.92. The van der Waals surface area contributed by atoms with E-state index in [0.29, 0.717) is 16.9 Å². The van der Waals surface area contributed by atoms with E-state index in [-0.39, 0.29) is 5.91 Å². The highest BCUT2D eigenvalue weighted by Gasteiger charge is 2.09. The maximum atomic E-state index is 12.3. The Labute approximate surface area is 163 Å². The van der Waals surface area contributed by atoms with Crippen molar-refractivity contribution in [3.8, 4) is 5.69 Å². The van der Waals surface area contributed by atoms with Gasteiger partial charge in [-0.2, -0.15) is 5.10 Å². The van der Waals surface area contributed by atoms with Crippen molar-refractivity contribution in [1.82, 2.24) is 14.8 Å². The zero-order chi connectivity index (χ0) is 19.2. The molecule has 0 radical (unpaired) electrons. The van der Waals surface area contributed by atoms with Crippen LogP contribution in [0.2, 0.25) is 0 Å². The minimum Gasteiger partial charge on any atom is -0.465 e. The van der Waals surface area contributed by atoms with Crippen LogP contribution in [-0.4, -0.2) is 33.8 Å². The normalized spacial score (nSPS) is 10.7. The predicted molar refractivity (Wildman–Crippen MR) is 105 cm³/mol. The number of nitrogens with zero attached hydrogens (tertiary/aromatic N) is 3. The summed E-state index contributed by atoms with van der Waals surface area (Å²) in [7, 11) is 1.33. The van der Waals surface area contributed by atoms with Crippen molar-refractivity contribution in [2.24, 2.45) is 0 Å². The molecule has 3 rings (SSSR count). The quantitative estimate of drug-likeness (QED) is 0.498. The lowest BCUT2D eigenvalue weighted by Crippen LogP contribution is -2.11. The Bertz CT molecular complexity index is 983. The zero-order valence-corrected chi connectivity index (χ0v) is 15.9. The first kappa shape index (κ1) is 18.5. The highest BCUT2D eigenvalue weighted by Crippen LogP contribution is 2.24. The van der Waals surface area contributed by atoms with Crippen molar-refractivity contribution in [3.63, 3.8) is 0 Å². The molecule has 0 saturated carbocycles. The standard InChI is InChI=1S/C19H15BrN4O3/c1-27-19(26)14-5-2-13(3-6-14)4-9-18(25)23-16-10-15(20)7-8-17(16)24-12-21-11-22-24/h2-12H,1H3,(H,23,25)/b9-4+. The summed E-state index contributed by atoms with van der Waals surface area (Å²) >= 11 is 3.40. The van der Waals surface area contributed by atoms with E-state index in [0.717, 1.165) is 10.0 Å². The maximum Gasteiger partial charge on any atom is 0.337 e. The molecule has 3 aromatic rings. The van der Waals surface area contributed by atoms with Crippen LogP contribution >= 0.6 is 15.9 Å². The van der Waals surface area contributed by atoms with E-state index in [1.807, 2.05) is 12.1 Å². The van der Waals surface area contributed by atoms with Gasteiger partial charge in [-0.1, -0.05) is 28.1 Å². The smallest absolute Gasteiger partial charge is 0.337 e. The number of hydrogen-bond acceptors (Lipinski definition) is 5. The van der Waals surface area contributed by atoms with Gasteiger partial charge in [0, 0.05) is 10.5 Å². The fourth-order valence-corrected chi connectivity index (χ4v) is 2.70. The molecule has 0 saturated heterocycles. The van der Waals surface area contributed by atoms with Crippen LogP contribution in [0.15, 0.2) is 65.7 Å². The molecular weight excluding hydrogens is 412 g/mol. The van der Waals surface area contributed by atoms with Gasteiger partial charge >= 0.3 is 5.97 Å². The zero-order valence-electron chi connectivity index (χ0n) is 14.3.